The van der Waals surface area contributed by atoms with E-state index in [1.165, 1.54) is 6.07 Å². The van der Waals surface area contributed by atoms with Crippen LogP contribution in [0.4, 0.5) is 5.69 Å². The highest BCUT2D eigenvalue weighted by Crippen LogP contribution is 2.38. The zero-order valence-electron chi connectivity index (χ0n) is 9.68. The van der Waals surface area contributed by atoms with Gasteiger partial charge in [-0.15, -0.1) is 0 Å². The van der Waals surface area contributed by atoms with Gasteiger partial charge in [0.25, 0.3) is 20.2 Å². The molecule has 10 heteroatoms. The van der Waals surface area contributed by atoms with Gasteiger partial charge in [-0.1, -0.05) is 12.1 Å². The lowest BCUT2D eigenvalue weighted by Gasteiger charge is -2.11. The standard InChI is InChI=1S/C10H9NO7S2/c11-9-7(12)4-6-5(10(9)20(16,17)18)2-1-3-8(6)19(13,14)15/h1-4,12H,11H2,(H,13,14,15)(H,16,17,18). The van der Waals surface area contributed by atoms with Crippen molar-refractivity contribution >= 4 is 36.7 Å². The second-order valence-electron chi connectivity index (χ2n) is 3.94. The lowest BCUT2D eigenvalue weighted by Crippen LogP contribution is -2.06. The number of phenols is 1. The molecule has 0 saturated heterocycles. The van der Waals surface area contributed by atoms with E-state index in [0.717, 1.165) is 18.2 Å². The molecule has 8 nitrogen and oxygen atoms in total. The van der Waals surface area contributed by atoms with Crippen molar-refractivity contribution in [1.29, 1.82) is 0 Å². The Bertz CT molecular complexity index is 916. The van der Waals surface area contributed by atoms with Crippen LogP contribution in [-0.4, -0.2) is 31.0 Å². The zero-order valence-corrected chi connectivity index (χ0v) is 11.3. The molecule has 0 radical (unpaired) electrons. The third-order valence-electron chi connectivity index (χ3n) is 2.65. The smallest absolute Gasteiger partial charge is 0.297 e. The van der Waals surface area contributed by atoms with Crippen molar-refractivity contribution in [3.8, 4) is 5.75 Å². The van der Waals surface area contributed by atoms with E-state index in [1.807, 2.05) is 0 Å². The van der Waals surface area contributed by atoms with Gasteiger partial charge in [-0.05, 0) is 12.1 Å². The molecule has 2 aromatic carbocycles. The molecule has 0 fully saturated rings. The molecule has 2 aromatic rings. The number of nitrogen functional groups attached to an aromatic ring is 1. The number of anilines is 1. The van der Waals surface area contributed by atoms with Gasteiger partial charge in [0.05, 0.1) is 5.69 Å². The van der Waals surface area contributed by atoms with E-state index in [4.69, 9.17) is 14.8 Å². The Morgan fingerprint density at radius 2 is 1.55 bits per heavy atom. The number of aromatic hydroxyl groups is 1. The van der Waals surface area contributed by atoms with Gasteiger partial charge < -0.3 is 10.8 Å². The molecule has 0 saturated carbocycles. The Labute approximate surface area is 114 Å². The van der Waals surface area contributed by atoms with Gasteiger partial charge in [0.1, 0.15) is 15.5 Å². The van der Waals surface area contributed by atoms with Crippen molar-refractivity contribution in [2.75, 3.05) is 5.73 Å². The minimum atomic E-state index is -4.81. The summed E-state index contributed by atoms with van der Waals surface area (Å²) in [5.74, 6) is -0.735. The first-order chi connectivity index (χ1) is 9.03. The molecular weight excluding hydrogens is 310 g/mol. The summed E-state index contributed by atoms with van der Waals surface area (Å²) < 4.78 is 63.4. The Kier molecular flexibility index (Phi) is 3.13. The first-order valence-electron chi connectivity index (χ1n) is 5.02. The van der Waals surface area contributed by atoms with Crippen molar-refractivity contribution in [3.05, 3.63) is 24.3 Å². The van der Waals surface area contributed by atoms with Gasteiger partial charge in [0, 0.05) is 10.8 Å². The molecule has 0 amide bonds. The summed E-state index contributed by atoms with van der Waals surface area (Å²) in [4.78, 5) is -1.44. The van der Waals surface area contributed by atoms with Crippen LogP contribution in [0.5, 0.6) is 5.75 Å². The van der Waals surface area contributed by atoms with E-state index in [-0.39, 0.29) is 10.8 Å². The van der Waals surface area contributed by atoms with Crippen LogP contribution in [0.1, 0.15) is 0 Å². The number of benzene rings is 2. The summed E-state index contributed by atoms with van der Waals surface area (Å²) in [7, 11) is -9.46. The first kappa shape index (κ1) is 14.5. The van der Waals surface area contributed by atoms with Gasteiger partial charge in [-0.25, -0.2) is 0 Å². The molecule has 0 bridgehead atoms. The van der Waals surface area contributed by atoms with Gasteiger partial charge in [0.2, 0.25) is 0 Å². The van der Waals surface area contributed by atoms with Gasteiger partial charge in [-0.3, -0.25) is 9.11 Å². The van der Waals surface area contributed by atoms with Crippen LogP contribution >= 0.6 is 0 Å². The van der Waals surface area contributed by atoms with E-state index in [0.29, 0.717) is 0 Å². The summed E-state index contributed by atoms with van der Waals surface area (Å²) in [5.41, 5.74) is 4.77. The van der Waals surface area contributed by atoms with Gasteiger partial charge in [-0.2, -0.15) is 16.8 Å². The second-order valence-corrected chi connectivity index (χ2v) is 6.69. The van der Waals surface area contributed by atoms with Crippen LogP contribution < -0.4 is 5.73 Å². The van der Waals surface area contributed by atoms with Crippen LogP contribution in [0.2, 0.25) is 0 Å². The van der Waals surface area contributed by atoms with Crippen molar-refractivity contribution in [1.82, 2.24) is 0 Å². The summed E-state index contributed by atoms with van der Waals surface area (Å²) >= 11 is 0. The largest absolute Gasteiger partial charge is 0.506 e. The predicted octanol–water partition coefficient (Wildman–Crippen LogP) is 0.621. The predicted molar refractivity (Wildman–Crippen MR) is 69.7 cm³/mol. The van der Waals surface area contributed by atoms with Crippen molar-refractivity contribution in [2.24, 2.45) is 0 Å². The Morgan fingerprint density at radius 1 is 0.950 bits per heavy atom. The van der Waals surface area contributed by atoms with E-state index in [9.17, 15) is 21.9 Å². The third kappa shape index (κ3) is 2.29. The topological polar surface area (TPSA) is 155 Å². The quantitative estimate of drug-likeness (QED) is 0.356. The summed E-state index contributed by atoms with van der Waals surface area (Å²) in [5, 5.41) is 9.05. The van der Waals surface area contributed by atoms with E-state index >= 15 is 0 Å². The zero-order chi connectivity index (χ0) is 15.3. The third-order valence-corrected chi connectivity index (χ3v) is 4.52. The molecule has 5 N–H and O–H groups in total. The molecule has 0 aromatic heterocycles. The van der Waals surface area contributed by atoms with Crippen molar-refractivity contribution in [3.63, 3.8) is 0 Å². The molecule has 0 aliphatic carbocycles. The maximum atomic E-state index is 11.3. The summed E-state index contributed by atoms with van der Waals surface area (Å²) in [6.45, 7) is 0. The van der Waals surface area contributed by atoms with Crippen LogP contribution in [-0.2, 0) is 20.2 Å². The Hall–Kier alpha value is -1.88. The number of fused-ring (bicyclic) bond motifs is 1. The number of rotatable bonds is 2. The molecule has 0 aliphatic heterocycles. The summed E-state index contributed by atoms with van der Waals surface area (Å²) in [6, 6.07) is 4.25. The van der Waals surface area contributed by atoms with E-state index in [2.05, 4.69) is 0 Å². The molecule has 0 aliphatic rings. The van der Waals surface area contributed by atoms with Crippen molar-refractivity contribution < 1.29 is 31.0 Å². The maximum absolute atomic E-state index is 11.3. The molecule has 0 heterocycles. The number of hydrogen-bond donors (Lipinski definition) is 4. The minimum absolute atomic E-state index is 0.238. The monoisotopic (exact) mass is 319 g/mol. The number of phenolic OH excluding ortho intramolecular Hbond substituents is 1. The average Bonchev–Trinajstić information content (AvgIpc) is 2.26. The fourth-order valence-corrected chi connectivity index (χ4v) is 3.41. The molecule has 20 heavy (non-hydrogen) atoms. The SMILES string of the molecule is Nc1c(O)cc2c(S(=O)(=O)O)cccc2c1S(=O)(=O)O. The molecule has 0 unspecified atom stereocenters. The molecular formula is C10H9NO7S2. The Balaban J connectivity index is 3.15. The Morgan fingerprint density at radius 3 is 2.05 bits per heavy atom. The van der Waals surface area contributed by atoms with Crippen LogP contribution in [0.3, 0.4) is 0 Å². The molecule has 0 atom stereocenters. The highest BCUT2D eigenvalue weighted by Gasteiger charge is 2.24. The van der Waals surface area contributed by atoms with Gasteiger partial charge >= 0.3 is 0 Å². The van der Waals surface area contributed by atoms with Crippen LogP contribution in [0, 0.1) is 0 Å². The van der Waals surface area contributed by atoms with E-state index < -0.39 is 41.5 Å². The normalized spacial score (nSPS) is 12.7. The fraction of sp³-hybridized carbons (Fsp3) is 0. The van der Waals surface area contributed by atoms with Crippen LogP contribution in [0.25, 0.3) is 10.8 Å². The van der Waals surface area contributed by atoms with Crippen molar-refractivity contribution in [2.45, 2.75) is 9.79 Å². The lowest BCUT2D eigenvalue weighted by molar-refractivity contribution is 0.470. The molecule has 2 rings (SSSR count). The average molecular weight is 319 g/mol. The van der Waals surface area contributed by atoms with Crippen LogP contribution in [0.15, 0.2) is 34.1 Å². The highest BCUT2D eigenvalue weighted by molar-refractivity contribution is 7.86. The second kappa shape index (κ2) is 4.31. The summed E-state index contributed by atoms with van der Waals surface area (Å²) in [6.07, 6.45) is 0. The maximum Gasteiger partial charge on any atom is 0.297 e. The fourth-order valence-electron chi connectivity index (χ4n) is 1.87. The number of nitrogens with two attached hydrogens (primary N) is 1. The molecule has 0 spiro atoms. The number of hydrogen-bond acceptors (Lipinski definition) is 6. The van der Waals surface area contributed by atoms with Gasteiger partial charge in [0.15, 0.2) is 0 Å². The van der Waals surface area contributed by atoms with E-state index in [1.54, 1.807) is 0 Å². The highest BCUT2D eigenvalue weighted by atomic mass is 32.2. The first-order valence-corrected chi connectivity index (χ1v) is 7.90. The minimum Gasteiger partial charge on any atom is -0.506 e. The molecule has 108 valence electrons. The lowest BCUT2D eigenvalue weighted by atomic mass is 10.1.